The minimum atomic E-state index is -0.712. The number of benzene rings is 1. The highest BCUT2D eigenvalue weighted by Gasteiger charge is 2.28. The van der Waals surface area contributed by atoms with E-state index in [2.05, 4.69) is 9.97 Å². The predicted molar refractivity (Wildman–Crippen MR) is 91.6 cm³/mol. The molecule has 0 saturated heterocycles. The number of fused-ring (bicyclic) bond motifs is 1. The second-order valence-electron chi connectivity index (χ2n) is 6.51. The van der Waals surface area contributed by atoms with Crippen LogP contribution in [-0.2, 0) is 4.79 Å². The molecule has 128 valence electrons. The third-order valence-corrected chi connectivity index (χ3v) is 5.01. The van der Waals surface area contributed by atoms with E-state index in [0.717, 1.165) is 18.2 Å². The van der Waals surface area contributed by atoms with Crippen molar-refractivity contribution in [1.29, 1.82) is 0 Å². The lowest BCUT2D eigenvalue weighted by Crippen LogP contribution is -2.23. The number of nitrogens with zero attached hydrogens (tertiary/aromatic N) is 3. The Morgan fingerprint density at radius 3 is 2.72 bits per heavy atom. The van der Waals surface area contributed by atoms with Gasteiger partial charge in [0.2, 0.25) is 0 Å². The minimum Gasteiger partial charge on any atom is -0.481 e. The summed E-state index contributed by atoms with van der Waals surface area (Å²) in [6, 6.07) is 8.80. The molecule has 2 heterocycles. The lowest BCUT2D eigenvalue weighted by Gasteiger charge is -2.28. The molecule has 6 heteroatoms. The fraction of sp³-hybridized carbons (Fsp3) is 0.316. The van der Waals surface area contributed by atoms with Crippen molar-refractivity contribution in [3.8, 4) is 11.5 Å². The van der Waals surface area contributed by atoms with Crippen LogP contribution in [0, 0.1) is 11.7 Å². The van der Waals surface area contributed by atoms with E-state index in [1.165, 1.54) is 6.07 Å². The summed E-state index contributed by atoms with van der Waals surface area (Å²) in [6.45, 7) is 0. The molecule has 1 N–H and O–H groups in total. The van der Waals surface area contributed by atoms with Gasteiger partial charge in [-0.05, 0) is 37.8 Å². The highest BCUT2D eigenvalue weighted by molar-refractivity contribution is 5.81. The van der Waals surface area contributed by atoms with Crippen molar-refractivity contribution in [2.45, 2.75) is 31.7 Å². The first-order valence-electron chi connectivity index (χ1n) is 8.45. The lowest BCUT2D eigenvalue weighted by molar-refractivity contribution is -0.143. The SMILES string of the molecule is O=C(O)C1CCC(n2ccnc2-c2ccc3cccc(F)c3n2)CC1. The van der Waals surface area contributed by atoms with Gasteiger partial charge in [0.25, 0.3) is 0 Å². The van der Waals surface area contributed by atoms with Crippen molar-refractivity contribution in [3.05, 3.63) is 48.5 Å². The molecule has 0 unspecified atom stereocenters. The zero-order chi connectivity index (χ0) is 17.4. The van der Waals surface area contributed by atoms with E-state index in [0.29, 0.717) is 29.9 Å². The van der Waals surface area contributed by atoms with Crippen LogP contribution >= 0.6 is 0 Å². The Kier molecular flexibility index (Phi) is 3.95. The molecular formula is C19H18FN3O2. The number of carboxylic acids is 1. The number of pyridine rings is 1. The standard InChI is InChI=1S/C19H18FN3O2/c20-15-3-1-2-12-6-9-16(22-17(12)15)18-21-10-11-23(18)14-7-4-13(5-8-14)19(24)25/h1-3,6,9-11,13-14H,4-5,7-8H2,(H,24,25). The summed E-state index contributed by atoms with van der Waals surface area (Å²) in [5.41, 5.74) is 0.965. The van der Waals surface area contributed by atoms with Gasteiger partial charge in [-0.25, -0.2) is 14.4 Å². The second-order valence-corrected chi connectivity index (χ2v) is 6.51. The number of halogens is 1. The Morgan fingerprint density at radius 1 is 1.16 bits per heavy atom. The fourth-order valence-corrected chi connectivity index (χ4v) is 3.64. The first kappa shape index (κ1) is 15.7. The molecule has 4 rings (SSSR count). The van der Waals surface area contributed by atoms with Gasteiger partial charge in [0, 0.05) is 23.8 Å². The van der Waals surface area contributed by atoms with Gasteiger partial charge in [-0.2, -0.15) is 0 Å². The lowest BCUT2D eigenvalue weighted by atomic mass is 9.86. The number of aromatic nitrogens is 3. The van der Waals surface area contributed by atoms with Crippen molar-refractivity contribution in [1.82, 2.24) is 14.5 Å². The topological polar surface area (TPSA) is 68.0 Å². The summed E-state index contributed by atoms with van der Waals surface area (Å²) in [7, 11) is 0. The first-order chi connectivity index (χ1) is 12.1. The zero-order valence-corrected chi connectivity index (χ0v) is 13.6. The average molecular weight is 339 g/mol. The van der Waals surface area contributed by atoms with E-state index < -0.39 is 5.97 Å². The van der Waals surface area contributed by atoms with Crippen LogP contribution in [0.4, 0.5) is 4.39 Å². The summed E-state index contributed by atoms with van der Waals surface area (Å²) >= 11 is 0. The fourth-order valence-electron chi connectivity index (χ4n) is 3.64. The van der Waals surface area contributed by atoms with E-state index in [4.69, 9.17) is 5.11 Å². The number of aliphatic carboxylic acids is 1. The summed E-state index contributed by atoms with van der Waals surface area (Å²) in [5.74, 6) is -0.615. The normalized spacial score (nSPS) is 20.7. The quantitative estimate of drug-likeness (QED) is 0.781. The average Bonchev–Trinajstić information content (AvgIpc) is 3.11. The molecule has 1 saturated carbocycles. The van der Waals surface area contributed by atoms with Crippen LogP contribution < -0.4 is 0 Å². The molecule has 1 aliphatic rings. The van der Waals surface area contributed by atoms with Crippen LogP contribution in [0.3, 0.4) is 0 Å². The molecule has 0 spiro atoms. The van der Waals surface area contributed by atoms with Crippen molar-refractivity contribution >= 4 is 16.9 Å². The van der Waals surface area contributed by atoms with E-state index >= 15 is 0 Å². The summed E-state index contributed by atoms with van der Waals surface area (Å²) < 4.78 is 16.1. The largest absolute Gasteiger partial charge is 0.481 e. The molecule has 25 heavy (non-hydrogen) atoms. The van der Waals surface area contributed by atoms with Crippen LogP contribution in [0.2, 0.25) is 0 Å². The number of hydrogen-bond acceptors (Lipinski definition) is 3. The molecule has 3 aromatic rings. The molecule has 1 aliphatic carbocycles. The van der Waals surface area contributed by atoms with Crippen LogP contribution in [-0.4, -0.2) is 25.6 Å². The van der Waals surface area contributed by atoms with Crippen LogP contribution in [0.15, 0.2) is 42.7 Å². The van der Waals surface area contributed by atoms with Crippen molar-refractivity contribution in [2.24, 2.45) is 5.92 Å². The van der Waals surface area contributed by atoms with Gasteiger partial charge >= 0.3 is 5.97 Å². The molecule has 5 nitrogen and oxygen atoms in total. The van der Waals surface area contributed by atoms with Crippen molar-refractivity contribution in [3.63, 3.8) is 0 Å². The van der Waals surface area contributed by atoms with Crippen LogP contribution in [0.25, 0.3) is 22.4 Å². The molecule has 0 radical (unpaired) electrons. The Hall–Kier alpha value is -2.76. The number of rotatable bonds is 3. The highest BCUT2D eigenvalue weighted by atomic mass is 19.1. The summed E-state index contributed by atoms with van der Waals surface area (Å²) in [4.78, 5) is 20.0. The van der Waals surface area contributed by atoms with Gasteiger partial charge in [-0.15, -0.1) is 0 Å². The molecule has 0 bridgehead atoms. The van der Waals surface area contributed by atoms with E-state index in [1.807, 2.05) is 29.0 Å². The Labute approximate surface area is 144 Å². The summed E-state index contributed by atoms with van der Waals surface area (Å²) in [5, 5.41) is 9.90. The maximum absolute atomic E-state index is 14.0. The van der Waals surface area contributed by atoms with Gasteiger partial charge in [-0.1, -0.05) is 18.2 Å². The predicted octanol–water partition coefficient (Wildman–Crippen LogP) is 4.05. The van der Waals surface area contributed by atoms with E-state index in [9.17, 15) is 9.18 Å². The van der Waals surface area contributed by atoms with Crippen LogP contribution in [0.5, 0.6) is 0 Å². The Bertz CT molecular complexity index is 929. The molecule has 0 aliphatic heterocycles. The Morgan fingerprint density at radius 2 is 1.96 bits per heavy atom. The minimum absolute atomic E-state index is 0.200. The second kappa shape index (κ2) is 6.27. The maximum Gasteiger partial charge on any atom is 0.306 e. The first-order valence-corrected chi connectivity index (χ1v) is 8.45. The van der Waals surface area contributed by atoms with E-state index in [-0.39, 0.29) is 17.8 Å². The smallest absolute Gasteiger partial charge is 0.306 e. The van der Waals surface area contributed by atoms with Crippen LogP contribution in [0.1, 0.15) is 31.7 Å². The van der Waals surface area contributed by atoms with Gasteiger partial charge in [0.05, 0.1) is 5.92 Å². The Balaban J connectivity index is 1.66. The third-order valence-electron chi connectivity index (χ3n) is 5.01. The summed E-state index contributed by atoms with van der Waals surface area (Å²) in [6.07, 6.45) is 6.53. The number of para-hydroxylation sites is 1. The van der Waals surface area contributed by atoms with E-state index in [1.54, 1.807) is 12.3 Å². The van der Waals surface area contributed by atoms with Crippen molar-refractivity contribution in [2.75, 3.05) is 0 Å². The van der Waals surface area contributed by atoms with Gasteiger partial charge in [0.15, 0.2) is 5.82 Å². The molecule has 2 aromatic heterocycles. The highest BCUT2D eigenvalue weighted by Crippen LogP contribution is 2.34. The molecular weight excluding hydrogens is 321 g/mol. The molecule has 0 amide bonds. The molecule has 1 aromatic carbocycles. The number of carboxylic acid groups (broad SMARTS) is 1. The number of hydrogen-bond donors (Lipinski definition) is 1. The number of imidazole rings is 1. The van der Waals surface area contributed by atoms with Gasteiger partial charge in [0.1, 0.15) is 17.0 Å². The zero-order valence-electron chi connectivity index (χ0n) is 13.6. The van der Waals surface area contributed by atoms with Gasteiger partial charge in [-0.3, -0.25) is 4.79 Å². The maximum atomic E-state index is 14.0. The number of carbonyl (C=O) groups is 1. The molecule has 1 fully saturated rings. The molecule has 0 atom stereocenters. The van der Waals surface area contributed by atoms with Gasteiger partial charge < -0.3 is 9.67 Å². The van der Waals surface area contributed by atoms with Crippen molar-refractivity contribution < 1.29 is 14.3 Å². The third kappa shape index (κ3) is 2.88. The monoisotopic (exact) mass is 339 g/mol.